The van der Waals surface area contributed by atoms with Crippen LogP contribution in [0.4, 0.5) is 5.69 Å². The fourth-order valence-corrected chi connectivity index (χ4v) is 4.85. The molecule has 168 valence electrons. The van der Waals surface area contributed by atoms with Crippen molar-refractivity contribution in [2.75, 3.05) is 11.4 Å². The number of anilines is 1. The van der Waals surface area contributed by atoms with E-state index in [1.807, 2.05) is 30.0 Å². The Morgan fingerprint density at radius 2 is 1.91 bits per heavy atom. The van der Waals surface area contributed by atoms with Gasteiger partial charge in [0.15, 0.2) is 5.76 Å². The molecular weight excluding hydrogens is 438 g/mol. The molecule has 0 saturated carbocycles. The maximum Gasteiger partial charge on any atom is 0.294 e. The number of benzene rings is 2. The Morgan fingerprint density at radius 1 is 1.06 bits per heavy atom. The van der Waals surface area contributed by atoms with Crippen molar-refractivity contribution in [3.8, 4) is 0 Å². The molecule has 3 aromatic rings. The molecule has 1 aliphatic heterocycles. The first-order valence-corrected chi connectivity index (χ1v) is 11.6. The third-order valence-corrected chi connectivity index (χ3v) is 6.49. The molecule has 1 aromatic heterocycles. The Hall–Kier alpha value is -3.38. The lowest BCUT2D eigenvalue weighted by Gasteiger charge is -2.28. The number of hydrogen-bond donors (Lipinski definition) is 1. The molecule has 1 aliphatic carbocycles. The number of para-hydroxylation sites is 1. The summed E-state index contributed by atoms with van der Waals surface area (Å²) in [4.78, 5) is 27.8. The van der Waals surface area contributed by atoms with Gasteiger partial charge in [0.1, 0.15) is 5.76 Å². The Morgan fingerprint density at radius 3 is 2.76 bits per heavy atom. The first-order chi connectivity index (χ1) is 16.0. The molecule has 2 aliphatic rings. The quantitative estimate of drug-likeness (QED) is 0.537. The number of rotatable bonds is 3. The lowest BCUT2D eigenvalue weighted by Crippen LogP contribution is -2.35. The smallest absolute Gasteiger partial charge is 0.294 e. The van der Waals surface area contributed by atoms with E-state index in [0.29, 0.717) is 29.3 Å². The maximum atomic E-state index is 13.5. The van der Waals surface area contributed by atoms with Gasteiger partial charge in [-0.05, 0) is 62.4 Å². The summed E-state index contributed by atoms with van der Waals surface area (Å²) in [5.41, 5.74) is 7.53. The molecule has 0 spiro atoms. The van der Waals surface area contributed by atoms with Crippen LogP contribution in [0.25, 0.3) is 0 Å². The number of furan rings is 1. The lowest BCUT2D eigenvalue weighted by molar-refractivity contribution is 0.0948. The highest BCUT2D eigenvalue weighted by atomic mass is 35.5. The van der Waals surface area contributed by atoms with Gasteiger partial charge in [-0.15, -0.1) is 0 Å². The van der Waals surface area contributed by atoms with Crippen LogP contribution in [-0.2, 0) is 12.8 Å². The zero-order valence-corrected chi connectivity index (χ0v) is 19.1. The third-order valence-electron chi connectivity index (χ3n) is 6.25. The van der Waals surface area contributed by atoms with Gasteiger partial charge in [0.05, 0.1) is 5.71 Å². The summed E-state index contributed by atoms with van der Waals surface area (Å²) in [7, 11) is 0. The van der Waals surface area contributed by atoms with Crippen LogP contribution in [-0.4, -0.2) is 24.1 Å². The minimum absolute atomic E-state index is 0.128. The van der Waals surface area contributed by atoms with E-state index in [1.54, 1.807) is 24.3 Å². The highest BCUT2D eigenvalue weighted by Gasteiger charge is 2.32. The summed E-state index contributed by atoms with van der Waals surface area (Å²) >= 11 is 5.99. The van der Waals surface area contributed by atoms with Gasteiger partial charge in [0.25, 0.3) is 11.8 Å². The van der Waals surface area contributed by atoms with Gasteiger partial charge in [0, 0.05) is 40.4 Å². The number of nitrogens with zero attached hydrogens (tertiary/aromatic N) is 2. The monoisotopic (exact) mass is 461 g/mol. The van der Waals surface area contributed by atoms with Crippen molar-refractivity contribution in [2.24, 2.45) is 5.10 Å². The zero-order chi connectivity index (χ0) is 22.9. The van der Waals surface area contributed by atoms with Crippen molar-refractivity contribution in [1.29, 1.82) is 0 Å². The van der Waals surface area contributed by atoms with Gasteiger partial charge >= 0.3 is 0 Å². The van der Waals surface area contributed by atoms with Crippen LogP contribution in [0, 0.1) is 6.92 Å². The summed E-state index contributed by atoms with van der Waals surface area (Å²) in [6, 6.07) is 14.7. The number of carbonyl (C=O) groups is 2. The minimum Gasteiger partial charge on any atom is -0.455 e. The van der Waals surface area contributed by atoms with Gasteiger partial charge in [-0.25, -0.2) is 5.43 Å². The van der Waals surface area contributed by atoms with E-state index < -0.39 is 0 Å². The van der Waals surface area contributed by atoms with E-state index in [-0.39, 0.29) is 11.8 Å². The van der Waals surface area contributed by atoms with Crippen LogP contribution in [0.1, 0.15) is 62.6 Å². The zero-order valence-electron chi connectivity index (χ0n) is 18.4. The average Bonchev–Trinajstić information content (AvgIpc) is 3.18. The first-order valence-electron chi connectivity index (χ1n) is 11.2. The molecule has 6 nitrogen and oxygen atoms in total. The number of hydrazone groups is 1. The molecule has 1 N–H and O–H groups in total. The van der Waals surface area contributed by atoms with Gasteiger partial charge in [0.2, 0.25) is 0 Å². The van der Waals surface area contributed by atoms with Crippen LogP contribution in [0.3, 0.4) is 0 Å². The largest absolute Gasteiger partial charge is 0.455 e. The predicted octanol–water partition coefficient (Wildman–Crippen LogP) is 5.30. The van der Waals surface area contributed by atoms with Crippen molar-refractivity contribution in [1.82, 2.24) is 5.43 Å². The summed E-state index contributed by atoms with van der Waals surface area (Å²) in [6.45, 7) is 2.56. The van der Waals surface area contributed by atoms with Crippen LogP contribution in [0.15, 0.2) is 58.0 Å². The van der Waals surface area contributed by atoms with Gasteiger partial charge < -0.3 is 9.32 Å². The van der Waals surface area contributed by atoms with Crippen molar-refractivity contribution < 1.29 is 14.0 Å². The molecule has 2 heterocycles. The second-order valence-corrected chi connectivity index (χ2v) is 8.84. The number of aryl methyl sites for hydroxylation is 2. The summed E-state index contributed by atoms with van der Waals surface area (Å²) < 4.78 is 6.10. The van der Waals surface area contributed by atoms with Crippen LogP contribution < -0.4 is 10.3 Å². The minimum atomic E-state index is -0.334. The number of fused-ring (bicyclic) bond motifs is 2. The van der Waals surface area contributed by atoms with Crippen molar-refractivity contribution in [2.45, 2.75) is 39.0 Å². The Bertz CT molecular complexity index is 1280. The number of carbonyl (C=O) groups excluding carboxylic acids is 2. The SMILES string of the molecule is Cc1c(C(=O)N2CCCc3ccccc32)oc2c1/C(=N/NC(=O)c1cccc(Cl)c1)CCC2. The van der Waals surface area contributed by atoms with Crippen molar-refractivity contribution in [3.63, 3.8) is 0 Å². The average molecular weight is 462 g/mol. The molecular formula is C26H24ClN3O3. The number of hydrogen-bond acceptors (Lipinski definition) is 4. The molecule has 0 bridgehead atoms. The highest BCUT2D eigenvalue weighted by Crippen LogP contribution is 2.33. The Kier molecular flexibility index (Phi) is 5.77. The van der Waals surface area contributed by atoms with E-state index in [4.69, 9.17) is 16.0 Å². The predicted molar refractivity (Wildman–Crippen MR) is 128 cm³/mol. The van der Waals surface area contributed by atoms with Crippen LogP contribution >= 0.6 is 11.6 Å². The molecule has 33 heavy (non-hydrogen) atoms. The number of halogens is 1. The van der Waals surface area contributed by atoms with Crippen LogP contribution in [0.5, 0.6) is 0 Å². The number of amides is 2. The summed E-state index contributed by atoms with van der Waals surface area (Å²) in [5.74, 6) is 0.645. The molecule has 0 fully saturated rings. The van der Waals surface area contributed by atoms with Gasteiger partial charge in [-0.1, -0.05) is 35.9 Å². The molecule has 2 amide bonds. The second-order valence-electron chi connectivity index (χ2n) is 8.41. The maximum absolute atomic E-state index is 13.5. The fraction of sp³-hybridized carbons (Fsp3) is 0.269. The van der Waals surface area contributed by atoms with E-state index >= 15 is 0 Å². The first kappa shape index (κ1) is 21.5. The standard InChI is InChI=1S/C26H24ClN3O3/c1-16-23-20(28-29-25(31)18-8-4-10-19(27)15-18)11-5-13-22(23)33-24(16)26(32)30-14-6-9-17-7-2-3-12-21(17)30/h2-4,7-8,10,12,15H,5-6,9,11,13-14H2,1H3,(H,29,31)/b28-20+. The normalized spacial score (nSPS) is 16.3. The van der Waals surface area contributed by atoms with E-state index in [1.165, 1.54) is 5.56 Å². The second kappa shape index (κ2) is 8.87. The Balaban J connectivity index is 1.43. The van der Waals surface area contributed by atoms with Gasteiger partial charge in [-0.3, -0.25) is 9.59 Å². The Labute approximate surface area is 197 Å². The van der Waals surface area contributed by atoms with E-state index in [0.717, 1.165) is 54.0 Å². The molecule has 7 heteroatoms. The number of nitrogens with one attached hydrogen (secondary N) is 1. The van der Waals surface area contributed by atoms with E-state index in [2.05, 4.69) is 16.6 Å². The fourth-order valence-electron chi connectivity index (χ4n) is 4.66. The van der Waals surface area contributed by atoms with Crippen LogP contribution in [0.2, 0.25) is 5.02 Å². The van der Waals surface area contributed by atoms with Crippen molar-refractivity contribution in [3.05, 3.63) is 87.3 Å². The molecule has 0 unspecified atom stereocenters. The molecule has 0 radical (unpaired) electrons. The van der Waals surface area contributed by atoms with Crippen molar-refractivity contribution >= 4 is 34.8 Å². The molecule has 2 aromatic carbocycles. The molecule has 0 atom stereocenters. The lowest BCUT2D eigenvalue weighted by atomic mass is 9.93. The molecule has 0 saturated heterocycles. The molecule has 5 rings (SSSR count). The topological polar surface area (TPSA) is 74.9 Å². The van der Waals surface area contributed by atoms with Gasteiger partial charge in [-0.2, -0.15) is 5.10 Å². The highest BCUT2D eigenvalue weighted by molar-refractivity contribution is 6.31. The third kappa shape index (κ3) is 4.07. The van der Waals surface area contributed by atoms with E-state index in [9.17, 15) is 9.59 Å². The summed E-state index contributed by atoms with van der Waals surface area (Å²) in [5, 5.41) is 4.89. The summed E-state index contributed by atoms with van der Waals surface area (Å²) in [6.07, 6.45) is 4.16.